The van der Waals surface area contributed by atoms with Crippen molar-refractivity contribution in [3.8, 4) is 0 Å². The van der Waals surface area contributed by atoms with Gasteiger partial charge in [0.2, 0.25) is 0 Å². The minimum absolute atomic E-state index is 0.463. The van der Waals surface area contributed by atoms with Gasteiger partial charge in [-0.3, -0.25) is 0 Å². The number of hydrogen-bond donors (Lipinski definition) is 0. The fourth-order valence-corrected chi connectivity index (χ4v) is 11.7. The zero-order chi connectivity index (χ0) is 23.4. The Morgan fingerprint density at radius 2 is 1.22 bits per heavy atom. The molecule has 0 N–H and O–H groups in total. The maximum Gasteiger partial charge on any atom is 0.0602 e. The van der Waals surface area contributed by atoms with Gasteiger partial charge in [-0.15, -0.1) is 0 Å². The minimum atomic E-state index is 0.463. The van der Waals surface area contributed by atoms with E-state index in [0.29, 0.717) is 44.5 Å². The topological polar surface area (TPSA) is 9.23 Å². The van der Waals surface area contributed by atoms with Crippen LogP contribution < -0.4 is 0 Å². The number of fused-ring (bicyclic) bond motifs is 7. The molecule has 5 saturated carbocycles. The second kappa shape index (κ2) is 7.01. The van der Waals surface area contributed by atoms with Crippen molar-refractivity contribution >= 4 is 0 Å². The van der Waals surface area contributed by atoms with Crippen LogP contribution >= 0.6 is 0 Å². The second-order valence-corrected chi connectivity index (χ2v) is 15.7. The first kappa shape index (κ1) is 23.7. The maximum atomic E-state index is 6.00. The normalized spacial score (nSPS) is 59.3. The lowest BCUT2D eigenvalue weighted by molar-refractivity contribution is -0.263. The molecule has 5 fully saturated rings. The second-order valence-electron chi connectivity index (χ2n) is 15.7. The summed E-state index contributed by atoms with van der Waals surface area (Å²) in [6, 6.07) is 0. The number of rotatable bonds is 1. The van der Waals surface area contributed by atoms with E-state index in [4.69, 9.17) is 4.74 Å². The molecule has 10 atom stereocenters. The Morgan fingerprint density at radius 1 is 0.594 bits per heavy atom. The Hall–Kier alpha value is -0.0400. The van der Waals surface area contributed by atoms with Crippen molar-refractivity contribution in [2.24, 2.45) is 56.2 Å². The molecule has 1 nitrogen and oxygen atoms in total. The molecule has 5 rings (SSSR count). The molecule has 0 radical (unpaired) electrons. The molecular formula is C31H54O. The summed E-state index contributed by atoms with van der Waals surface area (Å²) < 4.78 is 6.00. The van der Waals surface area contributed by atoms with E-state index in [2.05, 4.69) is 55.4 Å². The molecule has 32 heavy (non-hydrogen) atoms. The molecule has 0 aromatic rings. The van der Waals surface area contributed by atoms with Crippen molar-refractivity contribution in [3.63, 3.8) is 0 Å². The van der Waals surface area contributed by atoms with Crippen LogP contribution in [0.3, 0.4) is 0 Å². The largest absolute Gasteiger partial charge is 0.381 e. The molecule has 5 aliphatic rings. The molecular weight excluding hydrogens is 388 g/mol. The summed E-state index contributed by atoms with van der Waals surface area (Å²) in [6.07, 6.45) is 16.3. The van der Waals surface area contributed by atoms with E-state index < -0.39 is 0 Å². The lowest BCUT2D eigenvalue weighted by atomic mass is 9.30. The highest BCUT2D eigenvalue weighted by molar-refractivity contribution is 5.19. The van der Waals surface area contributed by atoms with Crippen molar-refractivity contribution < 1.29 is 4.74 Å². The van der Waals surface area contributed by atoms with Gasteiger partial charge in [0.25, 0.3) is 0 Å². The lowest BCUT2D eigenvalue weighted by Gasteiger charge is -2.75. The third-order valence-electron chi connectivity index (χ3n) is 14.2. The molecule has 184 valence electrons. The summed E-state index contributed by atoms with van der Waals surface area (Å²) >= 11 is 0. The highest BCUT2D eigenvalue weighted by Crippen LogP contribution is 2.78. The lowest BCUT2D eigenvalue weighted by Crippen LogP contribution is -2.68. The van der Waals surface area contributed by atoms with Crippen LogP contribution in [0.15, 0.2) is 0 Å². The van der Waals surface area contributed by atoms with E-state index in [0.717, 1.165) is 17.8 Å². The van der Waals surface area contributed by atoms with E-state index in [1.807, 2.05) is 7.11 Å². The molecule has 0 aliphatic heterocycles. The third-order valence-corrected chi connectivity index (χ3v) is 14.2. The summed E-state index contributed by atoms with van der Waals surface area (Å²) in [5.41, 5.74) is 3.14. The van der Waals surface area contributed by atoms with Crippen molar-refractivity contribution in [3.05, 3.63) is 0 Å². The quantitative estimate of drug-likeness (QED) is 0.394. The number of methoxy groups -OCH3 is 1. The van der Waals surface area contributed by atoms with Crippen molar-refractivity contribution in [2.75, 3.05) is 7.11 Å². The van der Waals surface area contributed by atoms with Crippen LogP contribution in [-0.4, -0.2) is 13.2 Å². The molecule has 0 bridgehead atoms. The Morgan fingerprint density at radius 3 is 1.91 bits per heavy atom. The first-order valence-corrected chi connectivity index (χ1v) is 14.3. The van der Waals surface area contributed by atoms with Gasteiger partial charge in [0.05, 0.1) is 6.10 Å². The van der Waals surface area contributed by atoms with Gasteiger partial charge in [-0.05, 0) is 127 Å². The fraction of sp³-hybridized carbons (Fsp3) is 1.00. The highest BCUT2D eigenvalue weighted by Gasteiger charge is 2.70. The van der Waals surface area contributed by atoms with E-state index in [-0.39, 0.29) is 0 Å². The van der Waals surface area contributed by atoms with Crippen LogP contribution in [0.5, 0.6) is 0 Å². The third kappa shape index (κ3) is 2.85. The Bertz CT molecular complexity index is 756. The molecule has 0 aromatic heterocycles. The van der Waals surface area contributed by atoms with E-state index in [9.17, 15) is 0 Å². The van der Waals surface area contributed by atoms with Crippen LogP contribution in [-0.2, 0) is 4.74 Å². The standard InChI is InChI=1S/C31H54O/c1-21-22(32-9)10-11-23-28(21,5)13-12-24-29(23,6)17-19-31(8)25-20-26(2,3)14-15-27(25,4)16-18-30(24,31)7/h21-25H,10-20H2,1-9H3/t21-,22?,23+,24-,25+,27+,28+,29-,30+,31-/m0/s1. The molecule has 0 amide bonds. The average Bonchev–Trinajstić information content (AvgIpc) is 2.72. The van der Waals surface area contributed by atoms with Gasteiger partial charge in [-0.25, -0.2) is 0 Å². The van der Waals surface area contributed by atoms with Crippen molar-refractivity contribution in [1.82, 2.24) is 0 Å². The smallest absolute Gasteiger partial charge is 0.0602 e. The van der Waals surface area contributed by atoms with Crippen LogP contribution in [0.4, 0.5) is 0 Å². The molecule has 0 heterocycles. The Labute approximate surface area is 200 Å². The van der Waals surface area contributed by atoms with E-state index in [1.54, 1.807) is 0 Å². The fourth-order valence-electron chi connectivity index (χ4n) is 11.7. The van der Waals surface area contributed by atoms with Crippen LogP contribution in [0.2, 0.25) is 0 Å². The first-order valence-electron chi connectivity index (χ1n) is 14.3. The zero-order valence-electron chi connectivity index (χ0n) is 23.1. The summed E-state index contributed by atoms with van der Waals surface area (Å²) in [6.45, 7) is 21.4. The van der Waals surface area contributed by atoms with Gasteiger partial charge >= 0.3 is 0 Å². The molecule has 0 aromatic carbocycles. The Kier molecular flexibility index (Phi) is 5.19. The van der Waals surface area contributed by atoms with Crippen LogP contribution in [0, 0.1) is 56.2 Å². The summed E-state index contributed by atoms with van der Waals surface area (Å²) in [4.78, 5) is 0. The van der Waals surface area contributed by atoms with E-state index >= 15 is 0 Å². The first-order chi connectivity index (χ1) is 14.8. The van der Waals surface area contributed by atoms with Crippen molar-refractivity contribution in [1.29, 1.82) is 0 Å². The Balaban J connectivity index is 1.52. The zero-order valence-corrected chi connectivity index (χ0v) is 23.1. The number of ether oxygens (including phenoxy) is 1. The van der Waals surface area contributed by atoms with Gasteiger partial charge in [0.15, 0.2) is 0 Å². The van der Waals surface area contributed by atoms with Gasteiger partial charge in [0.1, 0.15) is 0 Å². The van der Waals surface area contributed by atoms with E-state index in [1.165, 1.54) is 70.6 Å². The predicted octanol–water partition coefficient (Wildman–Crippen LogP) is 8.90. The molecule has 0 spiro atoms. The van der Waals surface area contributed by atoms with Gasteiger partial charge < -0.3 is 4.74 Å². The SMILES string of the molecule is COC1CC[C@@H]2[C@](C)(CC[C@H]3[C@@]2(C)CC[C@@]2(C)[C@@H]4CC(C)(C)CC[C@]4(C)CC[C@]32C)[C@H]1C. The van der Waals surface area contributed by atoms with Gasteiger partial charge in [-0.1, -0.05) is 55.4 Å². The highest BCUT2D eigenvalue weighted by atomic mass is 16.5. The predicted molar refractivity (Wildman–Crippen MR) is 136 cm³/mol. The molecule has 5 aliphatic carbocycles. The maximum absolute atomic E-state index is 6.00. The summed E-state index contributed by atoms with van der Waals surface area (Å²) in [5, 5.41) is 0. The van der Waals surface area contributed by atoms with Crippen LogP contribution in [0.1, 0.15) is 126 Å². The monoisotopic (exact) mass is 442 g/mol. The van der Waals surface area contributed by atoms with Crippen molar-refractivity contribution in [2.45, 2.75) is 132 Å². The number of hydrogen-bond acceptors (Lipinski definition) is 1. The molecule has 1 heteroatoms. The minimum Gasteiger partial charge on any atom is -0.381 e. The van der Waals surface area contributed by atoms with Crippen LogP contribution in [0.25, 0.3) is 0 Å². The molecule has 0 saturated heterocycles. The summed E-state index contributed by atoms with van der Waals surface area (Å²) in [5.74, 6) is 3.40. The summed E-state index contributed by atoms with van der Waals surface area (Å²) in [7, 11) is 1.95. The van der Waals surface area contributed by atoms with Gasteiger partial charge in [-0.2, -0.15) is 0 Å². The van der Waals surface area contributed by atoms with Gasteiger partial charge in [0, 0.05) is 7.11 Å². The average molecular weight is 443 g/mol. The molecule has 1 unspecified atom stereocenters.